The number of amides is 1. The van der Waals surface area contributed by atoms with Crippen molar-refractivity contribution in [3.8, 4) is 16.9 Å². The van der Waals surface area contributed by atoms with E-state index in [0.717, 1.165) is 16.2 Å². The van der Waals surface area contributed by atoms with E-state index < -0.39 is 5.97 Å². The van der Waals surface area contributed by atoms with Crippen molar-refractivity contribution in [1.82, 2.24) is 0 Å². The molecule has 1 aromatic heterocycles. The second-order valence-corrected chi connectivity index (χ2v) is 8.15. The maximum Gasteiger partial charge on any atom is 0.346 e. The van der Waals surface area contributed by atoms with E-state index in [1.807, 2.05) is 31.2 Å². The molecule has 0 aliphatic carbocycles. The van der Waals surface area contributed by atoms with Crippen LogP contribution in [0.4, 0.5) is 5.69 Å². The lowest BCUT2D eigenvalue weighted by Gasteiger charge is -2.24. The van der Waals surface area contributed by atoms with E-state index in [2.05, 4.69) is 5.32 Å². The number of nitrogens with one attached hydrogen (secondary N) is 1. The molecular weight excluding hydrogens is 410 g/mol. The van der Waals surface area contributed by atoms with Crippen molar-refractivity contribution in [3.63, 3.8) is 0 Å². The number of carbonyl (C=O) groups is 2. The minimum Gasteiger partial charge on any atom is -0.494 e. The van der Waals surface area contributed by atoms with E-state index in [1.165, 1.54) is 11.3 Å². The highest BCUT2D eigenvalue weighted by Gasteiger charge is 2.34. The van der Waals surface area contributed by atoms with Crippen molar-refractivity contribution in [3.05, 3.63) is 68.9 Å². The van der Waals surface area contributed by atoms with Gasteiger partial charge in [0.25, 0.3) is 0 Å². The molecule has 29 heavy (non-hydrogen) atoms. The fourth-order valence-electron chi connectivity index (χ4n) is 3.56. The number of carboxylic acids is 1. The molecule has 0 bridgehead atoms. The molecule has 0 fully saturated rings. The summed E-state index contributed by atoms with van der Waals surface area (Å²) in [5, 5.41) is 13.3. The van der Waals surface area contributed by atoms with Crippen LogP contribution in [0, 0.1) is 0 Å². The molecule has 0 radical (unpaired) electrons. The average Bonchev–Trinajstić information content (AvgIpc) is 3.08. The third-order valence-electron chi connectivity index (χ3n) is 4.83. The summed E-state index contributed by atoms with van der Waals surface area (Å²) in [6.45, 7) is 2.50. The molecule has 4 rings (SSSR count). The van der Waals surface area contributed by atoms with Crippen molar-refractivity contribution in [2.75, 3.05) is 11.9 Å². The van der Waals surface area contributed by atoms with Gasteiger partial charge < -0.3 is 15.2 Å². The van der Waals surface area contributed by atoms with Crippen molar-refractivity contribution in [1.29, 1.82) is 0 Å². The summed E-state index contributed by atoms with van der Waals surface area (Å²) in [5.74, 6) is -0.607. The number of hydrogen-bond donors (Lipinski definition) is 2. The molecule has 2 heterocycles. The first-order valence-corrected chi connectivity index (χ1v) is 10.4. The van der Waals surface area contributed by atoms with Gasteiger partial charge in [-0.15, -0.1) is 11.3 Å². The number of benzene rings is 2. The SMILES string of the molecule is CCOc1ccc([C@@H]2CC(=O)Nc3c2sc(C(=O)O)c3-c2ccc(Cl)cc2)cc1. The van der Waals surface area contributed by atoms with Crippen LogP contribution in [0.5, 0.6) is 5.75 Å². The summed E-state index contributed by atoms with van der Waals surface area (Å²) in [4.78, 5) is 25.5. The van der Waals surface area contributed by atoms with Gasteiger partial charge in [-0.2, -0.15) is 0 Å². The summed E-state index contributed by atoms with van der Waals surface area (Å²) < 4.78 is 5.50. The molecule has 2 N–H and O–H groups in total. The number of halogens is 1. The van der Waals surface area contributed by atoms with E-state index in [1.54, 1.807) is 24.3 Å². The number of thiophene rings is 1. The number of hydrogen-bond acceptors (Lipinski definition) is 4. The fraction of sp³-hybridized carbons (Fsp3) is 0.182. The van der Waals surface area contributed by atoms with Gasteiger partial charge in [-0.1, -0.05) is 35.9 Å². The molecule has 148 valence electrons. The lowest BCUT2D eigenvalue weighted by atomic mass is 9.88. The third kappa shape index (κ3) is 3.73. The van der Waals surface area contributed by atoms with Gasteiger partial charge in [0.2, 0.25) is 5.91 Å². The summed E-state index contributed by atoms with van der Waals surface area (Å²) in [7, 11) is 0. The van der Waals surface area contributed by atoms with Gasteiger partial charge in [0.1, 0.15) is 10.6 Å². The van der Waals surface area contributed by atoms with Crippen molar-refractivity contribution in [2.24, 2.45) is 0 Å². The second kappa shape index (κ2) is 7.89. The first-order chi connectivity index (χ1) is 14.0. The Balaban J connectivity index is 1.84. The van der Waals surface area contributed by atoms with Gasteiger partial charge >= 0.3 is 5.97 Å². The number of aromatic carboxylic acids is 1. The number of rotatable bonds is 5. The maximum atomic E-state index is 12.5. The number of ether oxygens (including phenoxy) is 1. The van der Waals surface area contributed by atoms with Crippen molar-refractivity contribution in [2.45, 2.75) is 19.3 Å². The smallest absolute Gasteiger partial charge is 0.346 e. The van der Waals surface area contributed by atoms with Gasteiger partial charge in [-0.25, -0.2) is 4.79 Å². The highest BCUT2D eigenvalue weighted by Crippen LogP contribution is 2.49. The normalized spacial score (nSPS) is 15.5. The van der Waals surface area contributed by atoms with Crippen LogP contribution in [0.25, 0.3) is 11.1 Å². The zero-order valence-corrected chi connectivity index (χ0v) is 17.1. The van der Waals surface area contributed by atoms with Crippen LogP contribution in [0.2, 0.25) is 5.02 Å². The number of fused-ring (bicyclic) bond motifs is 1. The third-order valence-corrected chi connectivity index (χ3v) is 6.37. The predicted molar refractivity (Wildman–Crippen MR) is 114 cm³/mol. The van der Waals surface area contributed by atoms with Crippen LogP contribution in [0.3, 0.4) is 0 Å². The van der Waals surface area contributed by atoms with E-state index in [0.29, 0.717) is 28.4 Å². The second-order valence-electron chi connectivity index (χ2n) is 6.66. The lowest BCUT2D eigenvalue weighted by Crippen LogP contribution is -2.22. The van der Waals surface area contributed by atoms with Crippen LogP contribution >= 0.6 is 22.9 Å². The van der Waals surface area contributed by atoms with Crippen molar-refractivity contribution < 1.29 is 19.4 Å². The molecule has 1 amide bonds. The van der Waals surface area contributed by atoms with E-state index >= 15 is 0 Å². The van der Waals surface area contributed by atoms with Crippen LogP contribution in [0.15, 0.2) is 48.5 Å². The molecule has 1 atom stereocenters. The van der Waals surface area contributed by atoms with Crippen LogP contribution in [-0.4, -0.2) is 23.6 Å². The summed E-state index contributed by atoms with van der Waals surface area (Å²) in [6.07, 6.45) is 0.264. The number of carboxylic acid groups (broad SMARTS) is 1. The Morgan fingerprint density at radius 1 is 1.21 bits per heavy atom. The highest BCUT2D eigenvalue weighted by atomic mass is 35.5. The molecular formula is C22H18ClNO4S. The zero-order valence-electron chi connectivity index (χ0n) is 15.6. The van der Waals surface area contributed by atoms with Gasteiger partial charge in [0, 0.05) is 27.8 Å². The minimum absolute atomic E-state index is 0.138. The van der Waals surface area contributed by atoms with E-state index in [4.69, 9.17) is 16.3 Å². The predicted octanol–water partition coefficient (Wildman–Crippen LogP) is 5.64. The summed E-state index contributed by atoms with van der Waals surface area (Å²) in [5.41, 5.74) is 2.75. The molecule has 1 aliphatic heterocycles. The highest BCUT2D eigenvalue weighted by molar-refractivity contribution is 7.15. The maximum absolute atomic E-state index is 12.5. The quantitative estimate of drug-likeness (QED) is 0.552. The first kappa shape index (κ1) is 19.5. The Hall–Kier alpha value is -2.83. The van der Waals surface area contributed by atoms with E-state index in [-0.39, 0.29) is 23.1 Å². The molecule has 7 heteroatoms. The van der Waals surface area contributed by atoms with Crippen molar-refractivity contribution >= 4 is 40.5 Å². The first-order valence-electron chi connectivity index (χ1n) is 9.16. The largest absolute Gasteiger partial charge is 0.494 e. The number of anilines is 1. The van der Waals surface area contributed by atoms with Gasteiger partial charge in [-0.05, 0) is 42.3 Å². The Morgan fingerprint density at radius 2 is 1.90 bits per heavy atom. The number of carbonyl (C=O) groups excluding carboxylic acids is 1. The summed E-state index contributed by atoms with van der Waals surface area (Å²) in [6, 6.07) is 14.6. The van der Waals surface area contributed by atoms with Crippen LogP contribution < -0.4 is 10.1 Å². The Morgan fingerprint density at radius 3 is 2.52 bits per heavy atom. The monoisotopic (exact) mass is 427 g/mol. The zero-order chi connectivity index (χ0) is 20.5. The van der Waals surface area contributed by atoms with Crippen LogP contribution in [0.1, 0.15) is 39.4 Å². The lowest BCUT2D eigenvalue weighted by molar-refractivity contribution is -0.116. The Kier molecular flexibility index (Phi) is 5.30. The minimum atomic E-state index is -1.02. The van der Waals surface area contributed by atoms with Gasteiger partial charge in [0.15, 0.2) is 0 Å². The molecule has 1 aliphatic rings. The fourth-order valence-corrected chi connectivity index (χ4v) is 4.93. The molecule has 0 spiro atoms. The van der Waals surface area contributed by atoms with Crippen LogP contribution in [-0.2, 0) is 4.79 Å². The average molecular weight is 428 g/mol. The molecule has 0 unspecified atom stereocenters. The van der Waals surface area contributed by atoms with E-state index in [9.17, 15) is 14.7 Å². The Bertz CT molecular complexity index is 1070. The molecule has 0 saturated heterocycles. The molecule has 5 nitrogen and oxygen atoms in total. The van der Waals surface area contributed by atoms with Gasteiger partial charge in [-0.3, -0.25) is 4.79 Å². The molecule has 0 saturated carbocycles. The van der Waals surface area contributed by atoms with Gasteiger partial charge in [0.05, 0.1) is 12.3 Å². The Labute approximate surface area is 176 Å². The molecule has 2 aromatic carbocycles. The standard InChI is InChI=1S/C22H18ClNO4S/c1-2-28-15-9-5-12(6-10-15)16-11-17(25)24-19-18(13-3-7-14(23)8-4-13)21(22(26)27)29-20(16)19/h3-10,16H,2,11H2,1H3,(H,24,25)(H,26,27)/t16-/m0/s1. The molecule has 3 aromatic rings. The summed E-state index contributed by atoms with van der Waals surface area (Å²) >= 11 is 7.20. The topological polar surface area (TPSA) is 75.6 Å².